The van der Waals surface area contributed by atoms with Gasteiger partial charge in [0.15, 0.2) is 21.4 Å². The zero-order chi connectivity index (χ0) is 46.1. The molecule has 3 heterocycles. The maximum Gasteiger partial charge on any atom is 0.172 e. The average Bonchev–Trinajstić information content (AvgIpc) is 4.02. The third-order valence-corrected chi connectivity index (χ3v) is 29.2. The highest BCUT2D eigenvalue weighted by Crippen LogP contribution is 2.77. The van der Waals surface area contributed by atoms with Crippen molar-refractivity contribution in [2.75, 3.05) is 0 Å². The molecular formula is C60H44O3P5+. The van der Waals surface area contributed by atoms with Crippen molar-refractivity contribution in [3.8, 4) is 0 Å². The van der Waals surface area contributed by atoms with E-state index in [1.165, 1.54) is 21.5 Å². The highest BCUT2D eigenvalue weighted by Gasteiger charge is 2.49. The van der Waals surface area contributed by atoms with E-state index >= 15 is 13.7 Å². The van der Waals surface area contributed by atoms with E-state index < -0.39 is 28.4 Å². The van der Waals surface area contributed by atoms with Crippen LogP contribution in [0.25, 0.3) is 34.2 Å². The van der Waals surface area contributed by atoms with Gasteiger partial charge in [0.2, 0.25) is 0 Å². The minimum absolute atomic E-state index is 0.666. The summed E-state index contributed by atoms with van der Waals surface area (Å²) in [5.74, 6) is 0. The van der Waals surface area contributed by atoms with Gasteiger partial charge in [0.1, 0.15) is 22.9 Å². The fraction of sp³-hybridized carbons (Fsp3) is 0. The summed E-state index contributed by atoms with van der Waals surface area (Å²) in [5, 5.41) is 10.7. The molecule has 0 bridgehead atoms. The molecule has 0 saturated heterocycles. The molecule has 326 valence electrons. The Morgan fingerprint density at radius 1 is 0.368 bits per heavy atom. The second kappa shape index (κ2) is 16.8. The minimum atomic E-state index is -3.57. The van der Waals surface area contributed by atoms with Gasteiger partial charge in [0.05, 0.1) is 0 Å². The smallest absolute Gasteiger partial charge is 0.172 e. The van der Waals surface area contributed by atoms with Gasteiger partial charge >= 0.3 is 0 Å². The number of hydrogen-bond acceptors (Lipinski definition) is 3. The summed E-state index contributed by atoms with van der Waals surface area (Å²) in [6.45, 7) is -2.06. The van der Waals surface area contributed by atoms with E-state index in [9.17, 15) is 0 Å². The first kappa shape index (κ1) is 43.1. The Kier molecular flexibility index (Phi) is 10.6. The van der Waals surface area contributed by atoms with E-state index in [0.717, 1.165) is 59.7 Å². The summed E-state index contributed by atoms with van der Waals surface area (Å²) in [7, 11) is -6.69. The molecule has 4 unspecified atom stereocenters. The predicted octanol–water partition coefficient (Wildman–Crippen LogP) is 12.2. The Bertz CT molecular complexity index is 3530. The Hall–Kier alpha value is -6.25. The normalized spacial score (nSPS) is 20.9. The van der Waals surface area contributed by atoms with Gasteiger partial charge in [-0.15, -0.1) is 0 Å². The molecule has 3 aliphatic heterocycles. The van der Waals surface area contributed by atoms with Gasteiger partial charge in [-0.1, -0.05) is 218 Å². The molecule has 9 aromatic rings. The van der Waals surface area contributed by atoms with Crippen molar-refractivity contribution >= 4 is 119 Å². The van der Waals surface area contributed by atoms with Crippen LogP contribution in [-0.2, 0) is 13.7 Å². The van der Waals surface area contributed by atoms with Crippen molar-refractivity contribution in [2.24, 2.45) is 0 Å². The summed E-state index contributed by atoms with van der Waals surface area (Å²) in [4.78, 5) is 0. The van der Waals surface area contributed by atoms with Crippen molar-refractivity contribution in [3.05, 3.63) is 270 Å². The number of benzene rings is 9. The SMILES string of the molecule is O=P1(c2ccccc2)C(c2ccc(P(=O)(c3ccc(C4=Cc5ccccc5P4(=O)c4ccccc4)cc3)c3ccc(C4=Cc5ccccc5[P+]4(P)c4ccccc4)cc3)cc2)=Cc2ccccc21. The molecule has 0 spiro atoms. The first-order valence-electron chi connectivity index (χ1n) is 22.6. The fourth-order valence-corrected chi connectivity index (χ4v) is 24.2. The Balaban J connectivity index is 0.976. The highest BCUT2D eigenvalue weighted by atomic mass is 32.1. The Morgan fingerprint density at radius 2 is 0.735 bits per heavy atom. The highest BCUT2D eigenvalue weighted by molar-refractivity contribution is 8.38. The fourth-order valence-electron chi connectivity index (χ4n) is 10.4. The molecule has 0 radical (unpaired) electrons. The van der Waals surface area contributed by atoms with Crippen LogP contribution in [0, 0.1) is 0 Å². The Labute approximate surface area is 400 Å². The number of fused-ring (bicyclic) bond motifs is 3. The van der Waals surface area contributed by atoms with Crippen molar-refractivity contribution in [2.45, 2.75) is 0 Å². The predicted molar refractivity (Wildman–Crippen MR) is 298 cm³/mol. The van der Waals surface area contributed by atoms with Crippen LogP contribution in [0.1, 0.15) is 33.4 Å². The van der Waals surface area contributed by atoms with Crippen LogP contribution in [0.4, 0.5) is 0 Å². The van der Waals surface area contributed by atoms with Gasteiger partial charge < -0.3 is 13.7 Å². The van der Waals surface area contributed by atoms with Gasteiger partial charge in [0, 0.05) is 67.8 Å². The van der Waals surface area contributed by atoms with Crippen molar-refractivity contribution < 1.29 is 13.7 Å². The van der Waals surface area contributed by atoms with E-state index in [2.05, 4.69) is 93.9 Å². The molecule has 4 atom stereocenters. The van der Waals surface area contributed by atoms with Crippen molar-refractivity contribution in [1.29, 1.82) is 0 Å². The molecule has 0 fully saturated rings. The zero-order valence-corrected chi connectivity index (χ0v) is 41.6. The molecule has 0 amide bonds. The van der Waals surface area contributed by atoms with Crippen molar-refractivity contribution in [1.82, 2.24) is 0 Å². The molecular weight excluding hydrogens is 924 g/mol. The van der Waals surface area contributed by atoms with E-state index in [4.69, 9.17) is 0 Å². The van der Waals surface area contributed by atoms with Crippen LogP contribution in [0.2, 0.25) is 0 Å². The standard InChI is InChI=1S/C60H44O3P5/c61-65(51-34-28-43(29-35-51)58-40-46-16-10-13-25-55(46)66(58,62)49-19-4-1-5-20-49,52-36-30-44(31-37-52)59-41-47-17-11-14-26-56(47)67(59,63)50-21-6-2-7-22-50)53-38-32-45(33-39-53)60-42-48-18-12-15-27-57(48)68(60,64)54-23-8-3-9-24-54/h1-42H,64H2/q+1. The lowest BCUT2D eigenvalue weighted by atomic mass is 10.1. The van der Waals surface area contributed by atoms with Crippen molar-refractivity contribution in [3.63, 3.8) is 0 Å². The summed E-state index contributed by atoms with van der Waals surface area (Å²) in [6, 6.07) is 78.9. The van der Waals surface area contributed by atoms with Gasteiger partial charge in [-0.3, -0.25) is 0 Å². The second-order valence-electron chi connectivity index (χ2n) is 17.5. The summed E-state index contributed by atoms with van der Waals surface area (Å²) in [6.07, 6.45) is 6.43. The van der Waals surface area contributed by atoms with Crippen LogP contribution >= 0.6 is 37.3 Å². The first-order valence-corrected chi connectivity index (χ1v) is 31.2. The average molecular weight is 968 g/mol. The minimum Gasteiger partial charge on any atom is -0.309 e. The lowest BCUT2D eigenvalue weighted by molar-refractivity contribution is 0.592. The molecule has 12 rings (SSSR count). The molecule has 3 aliphatic rings. The van der Waals surface area contributed by atoms with Crippen LogP contribution in [0.3, 0.4) is 0 Å². The van der Waals surface area contributed by atoms with Crippen LogP contribution < -0.4 is 47.7 Å². The van der Waals surface area contributed by atoms with Gasteiger partial charge in [-0.2, -0.15) is 0 Å². The number of hydrogen-bond donors (Lipinski definition) is 0. The third kappa shape index (κ3) is 6.60. The van der Waals surface area contributed by atoms with E-state index in [1.807, 2.05) is 170 Å². The molecule has 8 heteroatoms. The third-order valence-electron chi connectivity index (χ3n) is 13.8. The molecule has 68 heavy (non-hydrogen) atoms. The lowest BCUT2D eigenvalue weighted by Crippen LogP contribution is -2.25. The molecule has 0 saturated carbocycles. The summed E-state index contributed by atoms with van der Waals surface area (Å²) in [5.41, 5.74) is 5.86. The zero-order valence-electron chi connectivity index (χ0n) is 36.8. The maximum absolute atomic E-state index is 16.5. The first-order chi connectivity index (χ1) is 33.2. The van der Waals surface area contributed by atoms with Crippen LogP contribution in [0.15, 0.2) is 237 Å². The summed E-state index contributed by atoms with van der Waals surface area (Å²) >= 11 is 0. The largest absolute Gasteiger partial charge is 0.309 e. The molecule has 0 N–H and O–H groups in total. The second-order valence-corrected chi connectivity index (χ2v) is 30.9. The quantitative estimate of drug-likeness (QED) is 0.135. The molecule has 3 nitrogen and oxygen atoms in total. The maximum atomic E-state index is 16.5. The van der Waals surface area contributed by atoms with Crippen LogP contribution in [0.5, 0.6) is 0 Å². The van der Waals surface area contributed by atoms with E-state index in [0.29, 0.717) is 15.9 Å². The van der Waals surface area contributed by atoms with Gasteiger partial charge in [0.25, 0.3) is 0 Å². The summed E-state index contributed by atoms with van der Waals surface area (Å²) < 4.78 is 47.4. The monoisotopic (exact) mass is 967 g/mol. The topological polar surface area (TPSA) is 51.2 Å². The molecule has 9 aromatic carbocycles. The van der Waals surface area contributed by atoms with Crippen LogP contribution in [-0.4, -0.2) is 0 Å². The van der Waals surface area contributed by atoms with Gasteiger partial charge in [-0.25, -0.2) is 0 Å². The number of rotatable bonds is 9. The van der Waals surface area contributed by atoms with E-state index in [1.54, 1.807) is 0 Å². The van der Waals surface area contributed by atoms with E-state index in [-0.39, 0.29) is 0 Å². The molecule has 0 aliphatic carbocycles. The molecule has 0 aromatic heterocycles. The Morgan fingerprint density at radius 3 is 1.19 bits per heavy atom. The van der Waals surface area contributed by atoms with Gasteiger partial charge in [-0.05, 0) is 58.7 Å². The lowest BCUT2D eigenvalue weighted by Gasteiger charge is -2.24.